The number of phenols is 1. The van der Waals surface area contributed by atoms with Crippen LogP contribution in [0.1, 0.15) is 31.9 Å². The van der Waals surface area contributed by atoms with E-state index in [1.165, 1.54) is 6.08 Å². The number of hydrogen-bond donors (Lipinski definition) is 2. The van der Waals surface area contributed by atoms with E-state index in [1.54, 1.807) is 6.07 Å². The Morgan fingerprint density at radius 2 is 2.06 bits per heavy atom. The number of aliphatic imine (C=N–C) groups is 1. The first-order valence-corrected chi connectivity index (χ1v) is 5.51. The number of nitrogen functional groups attached to an aromatic ring is 1. The maximum absolute atomic E-state index is 9.99. The minimum Gasteiger partial charge on any atom is -0.505 e. The molecule has 0 fully saturated rings. The zero-order valence-electron chi connectivity index (χ0n) is 10.4. The number of nitrogens with two attached hydrogens (primary N) is 1. The molecule has 0 atom stereocenters. The SMILES string of the molecule is CC(C)(C)c1cc(CCN=C=O)cc(N)c1O. The summed E-state index contributed by atoms with van der Waals surface area (Å²) in [5.41, 5.74) is 7.72. The lowest BCUT2D eigenvalue weighted by Gasteiger charge is -2.22. The summed E-state index contributed by atoms with van der Waals surface area (Å²) >= 11 is 0. The van der Waals surface area contributed by atoms with Gasteiger partial charge in [0.15, 0.2) is 0 Å². The second kappa shape index (κ2) is 5.02. The first-order chi connectivity index (χ1) is 7.86. The molecule has 0 aliphatic carbocycles. The van der Waals surface area contributed by atoms with Crippen LogP contribution in [0.4, 0.5) is 5.69 Å². The Morgan fingerprint density at radius 3 is 2.59 bits per heavy atom. The van der Waals surface area contributed by atoms with Gasteiger partial charge >= 0.3 is 0 Å². The molecular formula is C13H18N2O2. The minimum absolute atomic E-state index is 0.139. The van der Waals surface area contributed by atoms with E-state index in [9.17, 15) is 9.90 Å². The maximum atomic E-state index is 9.99. The summed E-state index contributed by atoms with van der Waals surface area (Å²) < 4.78 is 0. The molecule has 0 saturated carbocycles. The molecule has 0 aliphatic rings. The van der Waals surface area contributed by atoms with Crippen LogP contribution in [0.3, 0.4) is 0 Å². The standard InChI is InChI=1S/C13H18N2O2/c1-13(2,3)10-6-9(4-5-15-8-16)7-11(14)12(10)17/h6-7,17H,4-5,14H2,1-3H3. The number of nitrogens with zero attached hydrogens (tertiary/aromatic N) is 1. The third-order valence-corrected chi connectivity index (χ3v) is 2.58. The molecule has 1 aromatic carbocycles. The second-order valence-electron chi connectivity index (χ2n) is 5.05. The highest BCUT2D eigenvalue weighted by Gasteiger charge is 2.20. The normalized spacial score (nSPS) is 11.0. The van der Waals surface area contributed by atoms with Gasteiger partial charge in [-0.15, -0.1) is 0 Å². The highest BCUT2D eigenvalue weighted by atomic mass is 16.3. The molecule has 0 unspecified atom stereocenters. The minimum atomic E-state index is -0.178. The Morgan fingerprint density at radius 1 is 1.41 bits per heavy atom. The van der Waals surface area contributed by atoms with E-state index in [0.29, 0.717) is 18.7 Å². The van der Waals surface area contributed by atoms with Crippen molar-refractivity contribution in [3.05, 3.63) is 23.3 Å². The summed E-state index contributed by atoms with van der Waals surface area (Å²) in [4.78, 5) is 13.5. The number of anilines is 1. The fraction of sp³-hybridized carbons (Fsp3) is 0.462. The first-order valence-electron chi connectivity index (χ1n) is 5.51. The Labute approximate surface area is 101 Å². The van der Waals surface area contributed by atoms with Gasteiger partial charge in [0.05, 0.1) is 12.2 Å². The van der Waals surface area contributed by atoms with Gasteiger partial charge in [-0.2, -0.15) is 0 Å². The van der Waals surface area contributed by atoms with Crippen LogP contribution in [-0.4, -0.2) is 17.7 Å². The summed E-state index contributed by atoms with van der Waals surface area (Å²) in [6.45, 7) is 6.41. The molecule has 1 rings (SSSR count). The number of rotatable bonds is 3. The van der Waals surface area contributed by atoms with Crippen LogP contribution in [0.25, 0.3) is 0 Å². The first kappa shape index (κ1) is 13.3. The summed E-state index contributed by atoms with van der Waals surface area (Å²) in [6.07, 6.45) is 2.12. The largest absolute Gasteiger partial charge is 0.505 e. The van der Waals surface area contributed by atoms with Gasteiger partial charge in [-0.1, -0.05) is 26.8 Å². The van der Waals surface area contributed by atoms with Crippen LogP contribution in [0, 0.1) is 0 Å². The third kappa shape index (κ3) is 3.33. The molecule has 0 bridgehead atoms. The van der Waals surface area contributed by atoms with Gasteiger partial charge in [0.25, 0.3) is 0 Å². The lowest BCUT2D eigenvalue weighted by molar-refractivity contribution is 0.449. The molecule has 17 heavy (non-hydrogen) atoms. The molecular weight excluding hydrogens is 216 g/mol. The summed E-state index contributed by atoms with van der Waals surface area (Å²) in [6, 6.07) is 3.62. The van der Waals surface area contributed by atoms with Crippen LogP contribution in [0.2, 0.25) is 0 Å². The van der Waals surface area contributed by atoms with Crippen LogP contribution in [0.5, 0.6) is 5.75 Å². The number of isocyanates is 1. The maximum Gasteiger partial charge on any atom is 0.234 e. The topological polar surface area (TPSA) is 75.7 Å². The number of benzene rings is 1. The highest BCUT2D eigenvalue weighted by Crippen LogP contribution is 2.35. The number of hydrogen-bond acceptors (Lipinski definition) is 4. The molecule has 0 heterocycles. The van der Waals surface area contributed by atoms with Crippen molar-refractivity contribution in [2.45, 2.75) is 32.6 Å². The van der Waals surface area contributed by atoms with Crippen molar-refractivity contribution in [3.63, 3.8) is 0 Å². The quantitative estimate of drug-likeness (QED) is 0.364. The van der Waals surface area contributed by atoms with Crippen LogP contribution in [0.15, 0.2) is 17.1 Å². The Hall–Kier alpha value is -1.80. The molecule has 0 saturated heterocycles. The monoisotopic (exact) mass is 234 g/mol. The van der Waals surface area contributed by atoms with Crippen molar-refractivity contribution in [3.8, 4) is 5.75 Å². The summed E-state index contributed by atoms with van der Waals surface area (Å²) in [7, 11) is 0. The van der Waals surface area contributed by atoms with Gasteiger partial charge in [-0.25, -0.2) is 9.79 Å². The average Bonchev–Trinajstić information content (AvgIpc) is 2.21. The van der Waals surface area contributed by atoms with E-state index in [4.69, 9.17) is 5.73 Å². The smallest absolute Gasteiger partial charge is 0.234 e. The lowest BCUT2D eigenvalue weighted by atomic mass is 9.84. The number of phenolic OH excluding ortho intramolecular Hbond substituents is 1. The van der Waals surface area contributed by atoms with Crippen molar-refractivity contribution in [1.82, 2.24) is 0 Å². The number of aromatic hydroxyl groups is 1. The summed E-state index contributed by atoms with van der Waals surface area (Å²) in [5.74, 6) is 0.139. The van der Waals surface area contributed by atoms with Crippen molar-refractivity contribution in [1.29, 1.82) is 0 Å². The lowest BCUT2D eigenvalue weighted by Crippen LogP contribution is -2.13. The fourth-order valence-electron chi connectivity index (χ4n) is 1.67. The third-order valence-electron chi connectivity index (χ3n) is 2.58. The molecule has 3 N–H and O–H groups in total. The molecule has 0 aliphatic heterocycles. The molecule has 0 aromatic heterocycles. The van der Waals surface area contributed by atoms with Crippen LogP contribution >= 0.6 is 0 Å². The van der Waals surface area contributed by atoms with E-state index >= 15 is 0 Å². The Bertz CT molecular complexity index is 455. The van der Waals surface area contributed by atoms with Crippen molar-refractivity contribution in [2.24, 2.45) is 4.99 Å². The molecule has 92 valence electrons. The zero-order valence-corrected chi connectivity index (χ0v) is 10.4. The molecule has 4 nitrogen and oxygen atoms in total. The predicted octanol–water partition coefficient (Wildman–Crippen LogP) is 2.15. The van der Waals surface area contributed by atoms with Crippen molar-refractivity contribution in [2.75, 3.05) is 12.3 Å². The van der Waals surface area contributed by atoms with Gasteiger partial charge in [0, 0.05) is 5.56 Å². The fourth-order valence-corrected chi connectivity index (χ4v) is 1.67. The van der Waals surface area contributed by atoms with E-state index in [1.807, 2.05) is 26.8 Å². The van der Waals surface area contributed by atoms with Crippen LogP contribution < -0.4 is 5.73 Å². The van der Waals surface area contributed by atoms with Gasteiger partial charge in [0.1, 0.15) is 5.75 Å². The van der Waals surface area contributed by atoms with E-state index < -0.39 is 0 Å². The second-order valence-corrected chi connectivity index (χ2v) is 5.05. The molecule has 0 radical (unpaired) electrons. The molecule has 1 aromatic rings. The van der Waals surface area contributed by atoms with Gasteiger partial charge < -0.3 is 10.8 Å². The molecule has 0 spiro atoms. The Balaban J connectivity index is 3.10. The molecule has 0 amide bonds. The average molecular weight is 234 g/mol. The highest BCUT2D eigenvalue weighted by molar-refractivity contribution is 5.59. The van der Waals surface area contributed by atoms with Gasteiger partial charge in [0.2, 0.25) is 6.08 Å². The van der Waals surface area contributed by atoms with Gasteiger partial charge in [-0.05, 0) is 23.5 Å². The van der Waals surface area contributed by atoms with Crippen molar-refractivity contribution < 1.29 is 9.90 Å². The summed E-state index contributed by atoms with van der Waals surface area (Å²) in [5, 5.41) is 9.92. The molecule has 4 heteroatoms. The van der Waals surface area contributed by atoms with Crippen molar-refractivity contribution >= 4 is 11.8 Å². The van der Waals surface area contributed by atoms with Gasteiger partial charge in [-0.3, -0.25) is 0 Å². The van der Waals surface area contributed by atoms with E-state index in [2.05, 4.69) is 4.99 Å². The van der Waals surface area contributed by atoms with E-state index in [-0.39, 0.29) is 11.2 Å². The van der Waals surface area contributed by atoms with Crippen LogP contribution in [-0.2, 0) is 16.6 Å². The predicted molar refractivity (Wildman–Crippen MR) is 67.9 cm³/mol. The Kier molecular flexibility index (Phi) is 3.92. The zero-order chi connectivity index (χ0) is 13.1. The van der Waals surface area contributed by atoms with E-state index in [0.717, 1.165) is 11.1 Å². The number of carbonyl (C=O) groups excluding carboxylic acids is 1.